The second-order valence-electron chi connectivity index (χ2n) is 7.38. The number of hydrogen-bond acceptors (Lipinski definition) is 3. The number of nitrogens with zero attached hydrogens (tertiary/aromatic N) is 2. The highest BCUT2D eigenvalue weighted by Gasteiger charge is 2.58. The highest BCUT2D eigenvalue weighted by Crippen LogP contribution is 2.52. The maximum atomic E-state index is 11.2. The first-order valence-corrected chi connectivity index (χ1v) is 7.89. The summed E-state index contributed by atoms with van der Waals surface area (Å²) in [5, 5.41) is 21.0. The minimum Gasteiger partial charge on any atom is -0.387 e. The van der Waals surface area contributed by atoms with E-state index in [1.165, 1.54) is 19.3 Å². The van der Waals surface area contributed by atoms with Crippen molar-refractivity contribution in [2.75, 3.05) is 6.54 Å². The summed E-state index contributed by atoms with van der Waals surface area (Å²) < 4.78 is 0. The number of likely N-dealkylation sites (tertiary alicyclic amines) is 1. The van der Waals surface area contributed by atoms with Crippen molar-refractivity contribution in [1.29, 1.82) is 5.26 Å². The van der Waals surface area contributed by atoms with Crippen molar-refractivity contribution in [3.8, 4) is 6.07 Å². The van der Waals surface area contributed by atoms with E-state index in [4.69, 9.17) is 0 Å². The molecule has 19 heavy (non-hydrogen) atoms. The van der Waals surface area contributed by atoms with Crippen molar-refractivity contribution in [3.05, 3.63) is 0 Å². The standard InChI is InChI=1S/C16H26N2O/c1-12-4-3-7-15(8-12,10-17)16(19)9-13(2)18(11-16)14-5-6-14/h12-14,19H,3-9,11H2,1-2H3. The third-order valence-electron chi connectivity index (χ3n) is 5.76. The van der Waals surface area contributed by atoms with Crippen LogP contribution in [0, 0.1) is 22.7 Å². The molecule has 0 amide bonds. The van der Waals surface area contributed by atoms with Gasteiger partial charge in [-0.05, 0) is 44.9 Å². The lowest BCUT2D eigenvalue weighted by Gasteiger charge is -2.44. The maximum absolute atomic E-state index is 11.2. The van der Waals surface area contributed by atoms with Crippen LogP contribution in [0.1, 0.15) is 58.8 Å². The van der Waals surface area contributed by atoms with Crippen LogP contribution in [0.4, 0.5) is 0 Å². The van der Waals surface area contributed by atoms with E-state index in [9.17, 15) is 10.4 Å². The maximum Gasteiger partial charge on any atom is 0.0974 e. The molecule has 2 saturated carbocycles. The van der Waals surface area contributed by atoms with Crippen molar-refractivity contribution < 1.29 is 5.11 Å². The Balaban J connectivity index is 1.84. The predicted octanol–water partition coefficient (Wildman–Crippen LogP) is 2.69. The Morgan fingerprint density at radius 3 is 2.53 bits per heavy atom. The average Bonchev–Trinajstić information content (AvgIpc) is 3.15. The van der Waals surface area contributed by atoms with Gasteiger partial charge in [0.15, 0.2) is 0 Å². The lowest BCUT2D eigenvalue weighted by molar-refractivity contribution is -0.0719. The molecule has 106 valence electrons. The Hall–Kier alpha value is -0.590. The zero-order chi connectivity index (χ0) is 13.7. The first-order valence-electron chi connectivity index (χ1n) is 7.89. The van der Waals surface area contributed by atoms with Gasteiger partial charge in [0.2, 0.25) is 0 Å². The summed E-state index contributed by atoms with van der Waals surface area (Å²) in [6.07, 6.45) is 7.40. The van der Waals surface area contributed by atoms with Gasteiger partial charge in [0.1, 0.15) is 0 Å². The molecule has 3 aliphatic rings. The largest absolute Gasteiger partial charge is 0.387 e. The van der Waals surface area contributed by atoms with Gasteiger partial charge in [0, 0.05) is 18.6 Å². The number of hydrogen-bond donors (Lipinski definition) is 1. The molecule has 3 nitrogen and oxygen atoms in total. The van der Waals surface area contributed by atoms with E-state index in [0.29, 0.717) is 18.0 Å². The SMILES string of the molecule is CC1CCCC(C#N)(C2(O)CC(C)N(C3CC3)C2)C1. The van der Waals surface area contributed by atoms with Crippen molar-refractivity contribution in [3.63, 3.8) is 0 Å². The van der Waals surface area contributed by atoms with Gasteiger partial charge in [-0.3, -0.25) is 4.90 Å². The molecule has 2 aliphatic carbocycles. The Morgan fingerprint density at radius 1 is 1.21 bits per heavy atom. The molecule has 0 aromatic rings. The van der Waals surface area contributed by atoms with E-state index in [2.05, 4.69) is 24.8 Å². The smallest absolute Gasteiger partial charge is 0.0974 e. The quantitative estimate of drug-likeness (QED) is 0.832. The van der Waals surface area contributed by atoms with Crippen molar-refractivity contribution in [2.45, 2.75) is 76.5 Å². The van der Waals surface area contributed by atoms with Gasteiger partial charge in [0.25, 0.3) is 0 Å². The molecule has 1 saturated heterocycles. The lowest BCUT2D eigenvalue weighted by atomic mass is 9.61. The van der Waals surface area contributed by atoms with Crippen LogP contribution in [0.5, 0.6) is 0 Å². The van der Waals surface area contributed by atoms with E-state index in [1.54, 1.807) is 0 Å². The number of rotatable bonds is 2. The van der Waals surface area contributed by atoms with E-state index in [0.717, 1.165) is 32.2 Å². The second kappa shape index (κ2) is 4.46. The van der Waals surface area contributed by atoms with Crippen molar-refractivity contribution in [2.24, 2.45) is 11.3 Å². The van der Waals surface area contributed by atoms with Crippen molar-refractivity contribution in [1.82, 2.24) is 4.90 Å². The topological polar surface area (TPSA) is 47.3 Å². The highest BCUT2D eigenvalue weighted by atomic mass is 16.3. The summed E-state index contributed by atoms with van der Waals surface area (Å²) in [7, 11) is 0. The minimum atomic E-state index is -0.779. The third kappa shape index (κ3) is 2.10. The Labute approximate surface area is 116 Å². The van der Waals surface area contributed by atoms with E-state index in [-0.39, 0.29) is 0 Å². The molecular formula is C16H26N2O. The predicted molar refractivity (Wildman–Crippen MR) is 74.4 cm³/mol. The lowest BCUT2D eigenvalue weighted by Crippen LogP contribution is -2.51. The molecule has 0 radical (unpaired) electrons. The Kier molecular flexibility index (Phi) is 3.15. The molecular weight excluding hydrogens is 236 g/mol. The summed E-state index contributed by atoms with van der Waals surface area (Å²) in [6, 6.07) is 3.67. The molecule has 1 heterocycles. The van der Waals surface area contributed by atoms with Gasteiger partial charge >= 0.3 is 0 Å². The molecule has 3 fully saturated rings. The zero-order valence-electron chi connectivity index (χ0n) is 12.2. The van der Waals surface area contributed by atoms with Gasteiger partial charge in [0.05, 0.1) is 17.1 Å². The van der Waals surface area contributed by atoms with E-state index in [1.807, 2.05) is 0 Å². The van der Waals surface area contributed by atoms with Crippen LogP contribution in [0.25, 0.3) is 0 Å². The van der Waals surface area contributed by atoms with E-state index >= 15 is 0 Å². The van der Waals surface area contributed by atoms with Crippen molar-refractivity contribution >= 4 is 0 Å². The molecule has 4 unspecified atom stereocenters. The van der Waals surface area contributed by atoms with Gasteiger partial charge in [-0.25, -0.2) is 0 Å². The first kappa shape index (κ1) is 13.4. The fourth-order valence-corrected chi connectivity index (χ4v) is 4.55. The molecule has 3 heteroatoms. The van der Waals surface area contributed by atoms with Gasteiger partial charge in [-0.2, -0.15) is 5.26 Å². The molecule has 3 rings (SSSR count). The molecule has 0 bridgehead atoms. The summed E-state index contributed by atoms with van der Waals surface area (Å²) in [6.45, 7) is 5.17. The number of nitriles is 1. The second-order valence-corrected chi connectivity index (χ2v) is 7.38. The summed E-state index contributed by atoms with van der Waals surface area (Å²) in [5.74, 6) is 0.572. The van der Waals surface area contributed by atoms with Crippen LogP contribution in [-0.4, -0.2) is 34.2 Å². The summed E-state index contributed by atoms with van der Waals surface area (Å²) in [4.78, 5) is 2.46. The van der Waals surface area contributed by atoms with Gasteiger partial charge in [-0.15, -0.1) is 0 Å². The summed E-state index contributed by atoms with van der Waals surface area (Å²) in [5.41, 5.74) is -1.28. The van der Waals surface area contributed by atoms with Crippen LogP contribution in [0.3, 0.4) is 0 Å². The van der Waals surface area contributed by atoms with Crippen LogP contribution < -0.4 is 0 Å². The minimum absolute atomic E-state index is 0.431. The third-order valence-corrected chi connectivity index (χ3v) is 5.76. The van der Waals surface area contributed by atoms with Crippen LogP contribution in [-0.2, 0) is 0 Å². The fraction of sp³-hybridized carbons (Fsp3) is 0.938. The molecule has 1 aliphatic heterocycles. The normalized spacial score (nSPS) is 48.1. The van der Waals surface area contributed by atoms with Gasteiger partial charge < -0.3 is 5.11 Å². The van der Waals surface area contributed by atoms with Crippen LogP contribution in [0.15, 0.2) is 0 Å². The average molecular weight is 262 g/mol. The highest BCUT2D eigenvalue weighted by molar-refractivity contribution is 5.18. The number of β-amino-alcohol motifs (C(OH)–C–C–N with tert-alkyl or cyclic N) is 1. The van der Waals surface area contributed by atoms with E-state index < -0.39 is 11.0 Å². The molecule has 0 aromatic carbocycles. The molecule has 0 aromatic heterocycles. The zero-order valence-corrected chi connectivity index (χ0v) is 12.2. The Bertz CT molecular complexity index is 400. The summed E-state index contributed by atoms with van der Waals surface area (Å²) >= 11 is 0. The Morgan fingerprint density at radius 2 is 1.95 bits per heavy atom. The van der Waals surface area contributed by atoms with Gasteiger partial charge in [-0.1, -0.05) is 19.8 Å². The first-order chi connectivity index (χ1) is 9.00. The molecule has 1 N–H and O–H groups in total. The van der Waals surface area contributed by atoms with Crippen LogP contribution >= 0.6 is 0 Å². The molecule has 4 atom stereocenters. The fourth-order valence-electron chi connectivity index (χ4n) is 4.55. The number of aliphatic hydroxyl groups is 1. The molecule has 0 spiro atoms. The monoisotopic (exact) mass is 262 g/mol. The van der Waals surface area contributed by atoms with Crippen LogP contribution in [0.2, 0.25) is 0 Å².